The van der Waals surface area contributed by atoms with Crippen LogP contribution in [-0.4, -0.2) is 457 Å². The number of hydrogen-bond acceptors (Lipinski definition) is 40. The van der Waals surface area contributed by atoms with Crippen LogP contribution >= 0.6 is 0 Å². The van der Waals surface area contributed by atoms with Gasteiger partial charge in [0.2, 0.25) is 35.5 Å². The fourth-order valence-electron chi connectivity index (χ4n) is 17.9. The van der Waals surface area contributed by atoms with Crippen molar-refractivity contribution in [2.24, 2.45) is 29.2 Å². The topological polar surface area (TPSA) is 870 Å². The number of amides is 19. The number of rotatable bonds is 36. The Labute approximate surface area is 832 Å². The van der Waals surface area contributed by atoms with E-state index in [0.717, 1.165) is 39.0 Å². The number of halogens is 2. The molecule has 0 aromatic rings. The maximum atomic E-state index is 12.8. The molecule has 17 N–H and O–H groups in total. The lowest BCUT2D eigenvalue weighted by Crippen LogP contribution is -2.56. The van der Waals surface area contributed by atoms with E-state index in [-0.39, 0.29) is 126 Å². The summed E-state index contributed by atoms with van der Waals surface area (Å²) in [4.78, 5) is 225. The van der Waals surface area contributed by atoms with E-state index in [9.17, 15) is 146 Å². The van der Waals surface area contributed by atoms with Gasteiger partial charge in [-0.3, -0.25) is 95.3 Å². The number of nitrogens with zero attached hydrogens (tertiary/aromatic N) is 14. The monoisotopic (exact) mass is 2210 g/mol. The molecule has 15 fully saturated rings. The largest absolute Gasteiger partial charge is 0.418 e. The second kappa shape index (κ2) is 47.8. The Bertz CT molecular complexity index is 5640. The number of hydrogen-bond donors (Lipinski definition) is 15. The van der Waals surface area contributed by atoms with E-state index < -0.39 is 262 Å². The Morgan fingerprint density at radius 3 is 0.836 bits per heavy atom. The fourth-order valence-corrected chi connectivity index (χ4v) is 20.2. The Hall–Kier alpha value is -10.8. The summed E-state index contributed by atoms with van der Waals surface area (Å²) in [5.41, 5.74) is 13.2. The van der Waals surface area contributed by atoms with Crippen molar-refractivity contribution in [2.75, 3.05) is 113 Å². The molecular weight excluding hydrogens is 2100 g/mol. The van der Waals surface area contributed by atoms with Gasteiger partial charge >= 0.3 is 98.6 Å². The zero-order valence-corrected chi connectivity index (χ0v) is 83.3. The Kier molecular flexibility index (Phi) is 38.3. The minimum Gasteiger partial charge on any atom is -0.347 e. The molecule has 19 amide bonds. The number of carbonyl (C=O) groups excluding carboxylic acids is 18. The molecule has 73 heteroatoms. The lowest BCUT2D eigenvalue weighted by molar-refractivity contribution is -0.148. The number of piperidine rings is 6. The highest BCUT2D eigenvalue weighted by molar-refractivity contribution is 7.82. The van der Waals surface area contributed by atoms with E-state index in [4.69, 9.17) is 38.8 Å². The molecule has 822 valence electrons. The molecule has 13 aliphatic heterocycles. The predicted molar refractivity (Wildman–Crippen MR) is 473 cm³/mol. The van der Waals surface area contributed by atoms with Crippen molar-refractivity contribution in [3.8, 4) is 0 Å². The van der Waals surface area contributed by atoms with Crippen molar-refractivity contribution < 1.29 is 199 Å². The Balaban J connectivity index is 0.000000180. The number of ketones is 5. The van der Waals surface area contributed by atoms with Gasteiger partial charge in [-0.15, -0.1) is 25.7 Å². The number of hydrazine groups is 1. The average molecular weight is 2220 g/mol. The molecule has 0 radical (unpaired) electrons. The third-order valence-corrected chi connectivity index (χ3v) is 27.8. The molecule has 2 saturated carbocycles. The van der Waals surface area contributed by atoms with Crippen molar-refractivity contribution in [3.05, 3.63) is 0 Å². The minimum absolute atomic E-state index is 0.00707. The molecule has 0 spiro atoms. The molecule has 12 bridgehead atoms. The lowest BCUT2D eigenvalue weighted by atomic mass is 9.78. The smallest absolute Gasteiger partial charge is 0.347 e. The lowest BCUT2D eigenvalue weighted by Gasteiger charge is -2.34. The van der Waals surface area contributed by atoms with Crippen molar-refractivity contribution in [1.82, 2.24) is 107 Å². The number of Topliss-reactive ketones (excluding diaryl/α,β-unsaturated/α-hetero) is 5. The molecule has 0 unspecified atom stereocenters. The summed E-state index contributed by atoms with van der Waals surface area (Å²) in [6.45, 7) is 4.34. The molecule has 146 heavy (non-hydrogen) atoms. The van der Waals surface area contributed by atoms with Crippen LogP contribution < -0.4 is 48.8 Å². The third-order valence-electron chi connectivity index (χ3n) is 25.7. The summed E-state index contributed by atoms with van der Waals surface area (Å²) in [5, 5.41) is 19.6. The summed E-state index contributed by atoms with van der Waals surface area (Å²) in [7, 11) is -24.0. The van der Waals surface area contributed by atoms with Crippen LogP contribution in [0.5, 0.6) is 0 Å². The normalized spacial score (nSPS) is 26.0. The summed E-state index contributed by atoms with van der Waals surface area (Å²) in [6.07, 6.45) is 5.54. The highest BCUT2D eigenvalue weighted by Crippen LogP contribution is 2.43. The molecule has 2 aliphatic carbocycles. The fraction of sp³-hybridized carbons (Fsp3) is 0.753. The highest BCUT2D eigenvalue weighted by Gasteiger charge is 2.57. The number of nitrogens with one attached hydrogen (secondary N) is 7. The molecule has 15 rings (SSSR count). The molecule has 0 aromatic heterocycles. The number of hydroxylamine groups is 12. The van der Waals surface area contributed by atoms with Gasteiger partial charge in [-0.1, -0.05) is 6.42 Å². The number of carbonyl (C=O) groups is 18. The molecule has 0 aromatic carbocycles. The first-order chi connectivity index (χ1) is 67.7. The summed E-state index contributed by atoms with van der Waals surface area (Å²) < 4.78 is 233. The molecule has 13 heterocycles. The van der Waals surface area contributed by atoms with Crippen molar-refractivity contribution in [1.29, 1.82) is 0 Å². The van der Waals surface area contributed by atoms with Gasteiger partial charge in [-0.2, -0.15) is 80.9 Å². The first kappa shape index (κ1) is 117. The number of fused-ring (bicyclic) bond motifs is 12. The number of alkyl halides is 2. The maximum absolute atomic E-state index is 12.8. The van der Waals surface area contributed by atoms with Gasteiger partial charge in [-0.05, 0) is 118 Å². The van der Waals surface area contributed by atoms with Gasteiger partial charge in [0.1, 0.15) is 36.3 Å². The summed E-state index contributed by atoms with van der Waals surface area (Å²) >= 11 is 0. The van der Waals surface area contributed by atoms with E-state index >= 15 is 0 Å². The summed E-state index contributed by atoms with van der Waals surface area (Å²) in [6, 6.07) is -15.0. The van der Waals surface area contributed by atoms with Crippen LogP contribution in [0.15, 0.2) is 0 Å². The average Bonchev–Trinajstić information content (AvgIpc) is 1.66. The molecular formula is C73H113F2N23O42S6. The van der Waals surface area contributed by atoms with E-state index in [1.54, 1.807) is 0 Å². The molecule has 14 atom stereocenters. The van der Waals surface area contributed by atoms with Crippen LogP contribution in [0.25, 0.3) is 0 Å². The van der Waals surface area contributed by atoms with Crippen LogP contribution in [0, 0.1) is 17.8 Å². The molecule has 65 nitrogen and oxygen atoms in total. The zero-order chi connectivity index (χ0) is 109. The van der Waals surface area contributed by atoms with Crippen molar-refractivity contribution in [3.63, 3.8) is 0 Å². The van der Waals surface area contributed by atoms with Crippen LogP contribution in [-0.2, 0) is 146 Å². The van der Waals surface area contributed by atoms with E-state index in [0.29, 0.717) is 108 Å². The second-order valence-corrected chi connectivity index (χ2v) is 42.5. The van der Waals surface area contributed by atoms with E-state index in [1.807, 2.05) is 19.0 Å². The zero-order valence-electron chi connectivity index (χ0n) is 78.4. The van der Waals surface area contributed by atoms with Gasteiger partial charge in [0.25, 0.3) is 11.8 Å². The van der Waals surface area contributed by atoms with Crippen LogP contribution in [0.2, 0.25) is 0 Å². The predicted octanol–water partition coefficient (Wildman–Crippen LogP) is -8.44. The van der Waals surface area contributed by atoms with Crippen LogP contribution in [0.1, 0.15) is 129 Å². The first-order valence-electron chi connectivity index (χ1n) is 45.1. The quantitative estimate of drug-likeness (QED) is 0.0205. The van der Waals surface area contributed by atoms with Crippen LogP contribution in [0.4, 0.5) is 37.5 Å². The summed E-state index contributed by atoms with van der Waals surface area (Å²) in [5.74, 6) is -8.39. The van der Waals surface area contributed by atoms with Gasteiger partial charge in [0.05, 0.1) is 81.1 Å². The number of nitrogens with two attached hydrogens (primary N) is 2. The van der Waals surface area contributed by atoms with Gasteiger partial charge < -0.3 is 77.7 Å². The standard InChI is InChI=1S/C13H17F2N3O7S.C13H22N4O7S.C13H19N3O7S.C12H18N4O7S.C11H19N5O7S.C11H18N4O7S/c14-13(15)3-7(4-13)10(19)5-16-11(20)9-2-1-8-6-17(9)12(21)18(8)25-26(22,23)24;1-15(2)6-5-10(18)7-14-12(19)11-4-3-9-8-16(11)13(20)17(9)24-25(21,22)23;17-11(8-2-1-3-8)6-14-12(18)10-5-4-9-7-15(10)13(19)16(9)23-24(20,21)22;17-10(7-3-13-4-7)5-14-11(18)9-2-1-8-6-15(9)12(19)16(8)23-24(20,21)22;1-6(12)10(18)14(2)13-9(17)8-4-3-7-5-15(8)11(19)16(7)23-24(20,21)22;1-6(12)9(16)4-13-10(17)8-3-2-7-5-14(8)11(18)15(7)22-23(19,20)21/h7-9H,1-6H2,(H,16,20)(H,22,23,24);9,11H,3-8H2,1-2H3,(H,14,19)(H,21,22,23);8-10H,1-7H2,(H,14,18)(H,20,21,22);7-9,13H,1-6H2,(H,14,18)(H,20,21,22);6-8H,3-5,12H2,1-2H3,(H,13,17)(H,20,21,22);6-8H,2-5,12H2,1H3,(H,13,17)(H,19,20,21)/t8-,9+;9-,11+;9-,10+;8-,9+;2*6-,7+,8-/m111100/s1. The SMILES string of the molecule is CN(C)CCC(=O)CNC(=O)[C@@H]1CC[C@@H]2CN1C(=O)N2OS(=O)(=O)O.C[C@H](N)C(=O)CNC(=O)[C@@H]1CC[C@@H]2CN1C(=O)N2OS(=O)(=O)O.C[C@H](N)C(=O)N(C)NC(=O)[C@@H]1CC[C@@H]2CN1C(=O)N2OS(=O)(=O)O.O=C(CNC(=O)[C@@H]1CC[C@@H]2CN1C(=O)N2OS(=O)(=O)O)C1CC(F)(F)C1.O=C(CNC(=O)[C@@H]1CC[C@@H]2CN1C(=O)N2OS(=O)(=O)O)C1CCC1.O=C(CNC(=O)[C@@H]1CC[C@@H]2CN1C(=O)N2OS(=O)(=O)O)C1CNC1. The van der Waals surface area contributed by atoms with Crippen molar-refractivity contribution >= 4 is 169 Å². The maximum Gasteiger partial charge on any atom is 0.418 e. The van der Waals surface area contributed by atoms with Gasteiger partial charge in [0, 0.05) is 103 Å². The highest BCUT2D eigenvalue weighted by atomic mass is 32.3. The Morgan fingerprint density at radius 2 is 0.616 bits per heavy atom. The number of urea groups is 6. The molecule has 13 saturated heterocycles. The van der Waals surface area contributed by atoms with E-state index in [2.05, 4.69) is 63.0 Å². The minimum atomic E-state index is -4.88. The van der Waals surface area contributed by atoms with Gasteiger partial charge in [0.15, 0.2) is 28.9 Å². The number of likely N-dealkylation sites (N-methyl/N-ethyl adjacent to an activating group) is 1. The molecule has 15 aliphatic rings. The third kappa shape index (κ3) is 31.2. The van der Waals surface area contributed by atoms with Crippen molar-refractivity contribution in [2.45, 2.75) is 220 Å². The van der Waals surface area contributed by atoms with Crippen LogP contribution in [0.3, 0.4) is 0 Å². The van der Waals surface area contributed by atoms with E-state index in [1.165, 1.54) is 35.6 Å². The second-order valence-electron chi connectivity index (χ2n) is 36.5. The Morgan fingerprint density at radius 1 is 0.370 bits per heavy atom. The van der Waals surface area contributed by atoms with Gasteiger partial charge in [-0.25, -0.2) is 37.5 Å². The first-order valence-corrected chi connectivity index (χ1v) is 53.3.